The van der Waals surface area contributed by atoms with Crippen LogP contribution in [0.4, 0.5) is 0 Å². The van der Waals surface area contributed by atoms with E-state index in [9.17, 15) is 0 Å². The fourth-order valence-electron chi connectivity index (χ4n) is 0. The summed E-state index contributed by atoms with van der Waals surface area (Å²) in [6.45, 7) is 20.8. The Morgan fingerprint density at radius 3 is 0.500 bits per heavy atom. The first-order valence-corrected chi connectivity index (χ1v) is 5.00. The standard InChI is InChI=1S/C5H12.3C2H6.CH4/c1-5(2,3)4;3*1-2;/h1-4H3;3*1-2H3;1H4. The number of rotatable bonds is 0. The lowest BCUT2D eigenvalue weighted by Gasteiger charge is -2.05. The molecule has 0 atom stereocenters. The maximum Gasteiger partial charge on any atom is -0.0411 e. The molecule has 0 heterocycles. The van der Waals surface area contributed by atoms with Crippen molar-refractivity contribution in [2.45, 2.75) is 76.7 Å². The summed E-state index contributed by atoms with van der Waals surface area (Å²) in [7, 11) is 0. The Morgan fingerprint density at radius 2 is 0.500 bits per heavy atom. The Hall–Kier alpha value is 0. The van der Waals surface area contributed by atoms with Gasteiger partial charge < -0.3 is 0 Å². The second-order valence-electron chi connectivity index (χ2n) is 3.00. The van der Waals surface area contributed by atoms with Crippen molar-refractivity contribution >= 4 is 0 Å². The van der Waals surface area contributed by atoms with E-state index in [0.717, 1.165) is 0 Å². The molecule has 0 heteroatoms. The minimum Gasteiger partial charge on any atom is -0.0776 e. The van der Waals surface area contributed by atoms with E-state index in [0.29, 0.717) is 5.41 Å². The topological polar surface area (TPSA) is 0 Å². The maximum absolute atomic E-state index is 2.19. The van der Waals surface area contributed by atoms with Crippen LogP contribution in [0.2, 0.25) is 0 Å². The molecule has 0 nitrogen and oxygen atoms in total. The minimum atomic E-state index is 0. The first-order valence-electron chi connectivity index (χ1n) is 5.00. The molecule has 0 aliphatic heterocycles. The molecule has 0 bridgehead atoms. The fraction of sp³-hybridized carbons (Fsp3) is 1.00. The molecule has 12 heavy (non-hydrogen) atoms. The smallest absolute Gasteiger partial charge is 0.0411 e. The monoisotopic (exact) mass is 178 g/mol. The van der Waals surface area contributed by atoms with Gasteiger partial charge >= 0.3 is 0 Å². The second-order valence-corrected chi connectivity index (χ2v) is 3.00. The van der Waals surface area contributed by atoms with Crippen LogP contribution in [0.1, 0.15) is 76.7 Å². The van der Waals surface area contributed by atoms with Gasteiger partial charge in [0, 0.05) is 0 Å². The molecule has 0 radical (unpaired) electrons. The van der Waals surface area contributed by atoms with Crippen LogP contribution in [0.25, 0.3) is 0 Å². The van der Waals surface area contributed by atoms with Gasteiger partial charge in [-0.05, 0) is 5.41 Å². The largest absolute Gasteiger partial charge is 0.0776 e. The van der Waals surface area contributed by atoms with Crippen LogP contribution >= 0.6 is 0 Å². The highest BCUT2D eigenvalue weighted by Crippen LogP contribution is 2.07. The molecule has 0 unspecified atom stereocenters. The van der Waals surface area contributed by atoms with Gasteiger partial charge in [-0.25, -0.2) is 0 Å². The fourth-order valence-corrected chi connectivity index (χ4v) is 0. The van der Waals surface area contributed by atoms with Gasteiger partial charge in [-0.3, -0.25) is 0 Å². The average Bonchev–Trinajstić information content (AvgIpc) is 1.96. The highest BCUT2D eigenvalue weighted by atomic mass is 14.0. The first kappa shape index (κ1) is 29.6. The third kappa shape index (κ3) is 0. The van der Waals surface area contributed by atoms with E-state index < -0.39 is 0 Å². The van der Waals surface area contributed by atoms with Crippen molar-refractivity contribution in [1.29, 1.82) is 0 Å². The van der Waals surface area contributed by atoms with Gasteiger partial charge in [-0.15, -0.1) is 0 Å². The Morgan fingerprint density at radius 1 is 0.500 bits per heavy atom. The van der Waals surface area contributed by atoms with Crippen LogP contribution in [0, 0.1) is 5.41 Å². The van der Waals surface area contributed by atoms with Crippen LogP contribution in [-0.4, -0.2) is 0 Å². The normalized spacial score (nSPS) is 6.50. The molecule has 0 aliphatic carbocycles. The minimum absolute atomic E-state index is 0. The molecule has 0 aromatic heterocycles. The molecular weight excluding hydrogens is 144 g/mol. The Balaban J connectivity index is -0.0000000203. The van der Waals surface area contributed by atoms with Gasteiger partial charge in [0.15, 0.2) is 0 Å². The molecule has 0 aromatic rings. The summed E-state index contributed by atoms with van der Waals surface area (Å²) in [5.74, 6) is 0. The summed E-state index contributed by atoms with van der Waals surface area (Å²) in [6.07, 6.45) is 0. The first-order chi connectivity index (χ1) is 5.00. The van der Waals surface area contributed by atoms with Gasteiger partial charge in [0.1, 0.15) is 0 Å². The SMILES string of the molecule is C.CC.CC.CC.CC(C)(C)C. The molecule has 0 saturated heterocycles. The summed E-state index contributed by atoms with van der Waals surface area (Å²) in [4.78, 5) is 0. The quantitative estimate of drug-likeness (QED) is 0.442. The molecule has 0 amide bonds. The van der Waals surface area contributed by atoms with Crippen molar-refractivity contribution < 1.29 is 0 Å². The van der Waals surface area contributed by atoms with E-state index in [4.69, 9.17) is 0 Å². The number of hydrogen-bond donors (Lipinski definition) is 0. The van der Waals surface area contributed by atoms with E-state index in [1.807, 2.05) is 41.5 Å². The summed E-state index contributed by atoms with van der Waals surface area (Å²) in [5, 5.41) is 0. The predicted octanol–water partition coefficient (Wildman–Crippen LogP) is 5.77. The molecule has 82 valence electrons. The van der Waals surface area contributed by atoms with Gasteiger partial charge in [0.2, 0.25) is 0 Å². The summed E-state index contributed by atoms with van der Waals surface area (Å²) >= 11 is 0. The Bertz CT molecular complexity index is 15.5. The van der Waals surface area contributed by atoms with E-state index in [1.54, 1.807) is 0 Å². The van der Waals surface area contributed by atoms with Crippen LogP contribution in [0.3, 0.4) is 0 Å². The van der Waals surface area contributed by atoms with Gasteiger partial charge in [0.05, 0.1) is 0 Å². The zero-order chi connectivity index (χ0) is 10.5. The van der Waals surface area contributed by atoms with Crippen molar-refractivity contribution in [2.24, 2.45) is 5.41 Å². The molecule has 0 spiro atoms. The predicted molar refractivity (Wildman–Crippen MR) is 65.9 cm³/mol. The van der Waals surface area contributed by atoms with Gasteiger partial charge in [-0.1, -0.05) is 76.7 Å². The Labute approximate surface area is 82.8 Å². The van der Waals surface area contributed by atoms with Gasteiger partial charge in [0.25, 0.3) is 0 Å². The van der Waals surface area contributed by atoms with Crippen LogP contribution in [-0.2, 0) is 0 Å². The van der Waals surface area contributed by atoms with Crippen molar-refractivity contribution in [3.8, 4) is 0 Å². The third-order valence-electron chi connectivity index (χ3n) is 0. The van der Waals surface area contributed by atoms with Crippen LogP contribution in [0.15, 0.2) is 0 Å². The van der Waals surface area contributed by atoms with E-state index in [2.05, 4.69) is 27.7 Å². The lowest BCUT2D eigenvalue weighted by molar-refractivity contribution is 0.469. The van der Waals surface area contributed by atoms with Gasteiger partial charge in [-0.2, -0.15) is 0 Å². The van der Waals surface area contributed by atoms with E-state index in [1.165, 1.54) is 0 Å². The lowest BCUT2D eigenvalue weighted by atomic mass is 10.0. The summed E-state index contributed by atoms with van der Waals surface area (Å²) in [6, 6.07) is 0. The highest BCUT2D eigenvalue weighted by molar-refractivity contribution is 4.47. The summed E-state index contributed by atoms with van der Waals surface area (Å²) in [5.41, 5.74) is 0.500. The molecule has 0 N–H and O–H groups in total. The molecular formula is C12H34. The van der Waals surface area contributed by atoms with Crippen molar-refractivity contribution in [3.63, 3.8) is 0 Å². The lowest BCUT2D eigenvalue weighted by Crippen LogP contribution is -1.93. The molecule has 0 fully saturated rings. The average molecular weight is 178 g/mol. The molecule has 0 aliphatic rings. The van der Waals surface area contributed by atoms with E-state index in [-0.39, 0.29) is 7.43 Å². The molecule has 0 rings (SSSR count). The van der Waals surface area contributed by atoms with Crippen LogP contribution in [0.5, 0.6) is 0 Å². The van der Waals surface area contributed by atoms with Crippen LogP contribution < -0.4 is 0 Å². The van der Waals surface area contributed by atoms with Crippen molar-refractivity contribution in [3.05, 3.63) is 0 Å². The zero-order valence-electron chi connectivity index (χ0n) is 10.5. The second kappa shape index (κ2) is 30.6. The third-order valence-corrected chi connectivity index (χ3v) is 0. The zero-order valence-corrected chi connectivity index (χ0v) is 10.5. The highest BCUT2D eigenvalue weighted by Gasteiger charge is 1.95. The van der Waals surface area contributed by atoms with E-state index >= 15 is 0 Å². The Kier molecular flexibility index (Phi) is 75.5. The number of hydrogen-bond acceptors (Lipinski definition) is 0. The van der Waals surface area contributed by atoms with Crippen molar-refractivity contribution in [2.75, 3.05) is 0 Å². The van der Waals surface area contributed by atoms with Crippen molar-refractivity contribution in [1.82, 2.24) is 0 Å². The molecule has 0 saturated carbocycles. The summed E-state index contributed by atoms with van der Waals surface area (Å²) < 4.78 is 0. The maximum atomic E-state index is 2.19. The molecule has 0 aromatic carbocycles.